The van der Waals surface area contributed by atoms with Crippen LogP contribution in [-0.4, -0.2) is 45.2 Å². The number of aromatic nitrogens is 1. The third kappa shape index (κ3) is 2.47. The van der Waals surface area contributed by atoms with Gasteiger partial charge in [0.1, 0.15) is 12.3 Å². The lowest BCUT2D eigenvalue weighted by molar-refractivity contribution is -0.386. The van der Waals surface area contributed by atoms with Crippen LogP contribution in [0.1, 0.15) is 6.42 Å². The van der Waals surface area contributed by atoms with Crippen molar-refractivity contribution < 1.29 is 19.6 Å². The number of carbonyl (C=O) groups is 1. The van der Waals surface area contributed by atoms with Gasteiger partial charge in [0.15, 0.2) is 0 Å². The van der Waals surface area contributed by atoms with E-state index in [0.29, 0.717) is 13.0 Å². The smallest absolute Gasteiger partial charge is 0.407 e. The molecule has 8 nitrogen and oxygen atoms in total. The van der Waals surface area contributed by atoms with E-state index in [2.05, 4.69) is 4.98 Å². The van der Waals surface area contributed by atoms with E-state index in [4.69, 9.17) is 9.84 Å². The summed E-state index contributed by atoms with van der Waals surface area (Å²) in [5.74, 6) is 0.118. The van der Waals surface area contributed by atoms with E-state index in [1.54, 1.807) is 0 Å². The minimum Gasteiger partial charge on any atom is -0.481 e. The van der Waals surface area contributed by atoms with Gasteiger partial charge in [0.2, 0.25) is 5.75 Å². The Kier molecular flexibility index (Phi) is 3.26. The minimum absolute atomic E-state index is 0.118. The number of amides is 1. The van der Waals surface area contributed by atoms with Crippen LogP contribution in [0, 0.1) is 10.1 Å². The number of hydrogen-bond acceptors (Lipinski definition) is 5. The molecule has 0 saturated carbocycles. The number of likely N-dealkylation sites (tertiary alicyclic amines) is 1. The van der Waals surface area contributed by atoms with Gasteiger partial charge in [-0.1, -0.05) is 0 Å². The first-order valence-electron chi connectivity index (χ1n) is 5.31. The molecule has 18 heavy (non-hydrogen) atoms. The highest BCUT2D eigenvalue weighted by Gasteiger charge is 2.29. The fourth-order valence-electron chi connectivity index (χ4n) is 1.79. The molecule has 0 spiro atoms. The molecule has 1 aliphatic heterocycles. The average molecular weight is 253 g/mol. The number of nitro groups is 1. The Morgan fingerprint density at radius 3 is 3.06 bits per heavy atom. The first-order chi connectivity index (χ1) is 8.58. The first kappa shape index (κ1) is 12.1. The number of hydrogen-bond donors (Lipinski definition) is 1. The molecular formula is C10H11N3O5. The molecule has 1 aliphatic rings. The maximum atomic E-state index is 10.7. The van der Waals surface area contributed by atoms with E-state index in [0.717, 1.165) is 6.20 Å². The summed E-state index contributed by atoms with van der Waals surface area (Å²) in [4.78, 5) is 25.8. The molecule has 1 fully saturated rings. The zero-order chi connectivity index (χ0) is 13.1. The van der Waals surface area contributed by atoms with E-state index < -0.39 is 11.0 Å². The molecule has 0 radical (unpaired) electrons. The average Bonchev–Trinajstić information content (AvgIpc) is 2.78. The largest absolute Gasteiger partial charge is 0.481 e. The van der Waals surface area contributed by atoms with Crippen molar-refractivity contribution in [2.24, 2.45) is 0 Å². The van der Waals surface area contributed by atoms with Gasteiger partial charge in [-0.2, -0.15) is 0 Å². The van der Waals surface area contributed by atoms with Crippen LogP contribution in [0.25, 0.3) is 0 Å². The molecule has 1 amide bonds. The summed E-state index contributed by atoms with van der Waals surface area (Å²) < 4.78 is 5.46. The molecule has 0 aromatic carbocycles. The summed E-state index contributed by atoms with van der Waals surface area (Å²) in [6.07, 6.45) is 1.66. The number of ether oxygens (including phenoxy) is 1. The molecule has 1 aromatic heterocycles. The van der Waals surface area contributed by atoms with Gasteiger partial charge in [-0.15, -0.1) is 0 Å². The van der Waals surface area contributed by atoms with E-state index in [9.17, 15) is 14.9 Å². The Bertz CT molecular complexity index is 478. The zero-order valence-electron chi connectivity index (χ0n) is 9.35. The van der Waals surface area contributed by atoms with Crippen molar-refractivity contribution in [2.75, 3.05) is 13.1 Å². The highest BCUT2D eigenvalue weighted by atomic mass is 16.6. The van der Waals surface area contributed by atoms with Gasteiger partial charge >= 0.3 is 11.8 Å². The Balaban J connectivity index is 2.07. The van der Waals surface area contributed by atoms with Crippen LogP contribution >= 0.6 is 0 Å². The third-order valence-electron chi connectivity index (χ3n) is 2.67. The van der Waals surface area contributed by atoms with Crippen LogP contribution in [0.5, 0.6) is 5.75 Å². The van der Waals surface area contributed by atoms with E-state index >= 15 is 0 Å². The van der Waals surface area contributed by atoms with Gasteiger partial charge in [0.05, 0.1) is 11.5 Å². The molecule has 1 N–H and O–H groups in total. The second-order valence-electron chi connectivity index (χ2n) is 3.86. The molecule has 96 valence electrons. The van der Waals surface area contributed by atoms with Crippen LogP contribution in [0.2, 0.25) is 0 Å². The number of pyridine rings is 1. The molecular weight excluding hydrogens is 242 g/mol. The van der Waals surface area contributed by atoms with Crippen molar-refractivity contribution in [3.05, 3.63) is 28.6 Å². The quantitative estimate of drug-likeness (QED) is 0.639. The SMILES string of the molecule is O=C(O)N1CCC(Oc2ccncc2[N+](=O)[O-])C1. The molecule has 8 heteroatoms. The summed E-state index contributed by atoms with van der Waals surface area (Å²) in [5, 5.41) is 19.5. The molecule has 1 aromatic rings. The summed E-state index contributed by atoms with van der Waals surface area (Å²) in [6.45, 7) is 0.591. The number of rotatable bonds is 3. The van der Waals surface area contributed by atoms with Crippen LogP contribution in [-0.2, 0) is 0 Å². The van der Waals surface area contributed by atoms with Crippen molar-refractivity contribution >= 4 is 11.8 Å². The monoisotopic (exact) mass is 253 g/mol. The summed E-state index contributed by atoms with van der Waals surface area (Å²) >= 11 is 0. The number of carboxylic acid groups (broad SMARTS) is 1. The lowest BCUT2D eigenvalue weighted by Crippen LogP contribution is -2.29. The number of nitrogens with zero attached hydrogens (tertiary/aromatic N) is 3. The Hall–Kier alpha value is -2.38. The van der Waals surface area contributed by atoms with Gasteiger partial charge in [0.25, 0.3) is 0 Å². The van der Waals surface area contributed by atoms with Gasteiger partial charge < -0.3 is 14.7 Å². The second-order valence-corrected chi connectivity index (χ2v) is 3.86. The zero-order valence-corrected chi connectivity index (χ0v) is 9.35. The van der Waals surface area contributed by atoms with Crippen LogP contribution in [0.4, 0.5) is 10.5 Å². The van der Waals surface area contributed by atoms with E-state index in [-0.39, 0.29) is 24.1 Å². The minimum atomic E-state index is -1.01. The molecule has 2 heterocycles. The normalized spacial score (nSPS) is 18.7. The Morgan fingerprint density at radius 1 is 1.67 bits per heavy atom. The lowest BCUT2D eigenvalue weighted by atomic mass is 10.3. The molecule has 1 unspecified atom stereocenters. The van der Waals surface area contributed by atoms with E-state index in [1.807, 2.05) is 0 Å². The summed E-state index contributed by atoms with van der Waals surface area (Å²) in [6, 6.07) is 1.40. The van der Waals surface area contributed by atoms with Crippen molar-refractivity contribution in [3.63, 3.8) is 0 Å². The van der Waals surface area contributed by atoms with Crippen LogP contribution in [0.3, 0.4) is 0 Å². The van der Waals surface area contributed by atoms with Crippen molar-refractivity contribution in [1.29, 1.82) is 0 Å². The highest BCUT2D eigenvalue weighted by molar-refractivity contribution is 5.65. The van der Waals surface area contributed by atoms with Crippen molar-refractivity contribution in [1.82, 2.24) is 9.88 Å². The van der Waals surface area contributed by atoms with Gasteiger partial charge in [-0.05, 0) is 0 Å². The van der Waals surface area contributed by atoms with Gasteiger partial charge in [-0.25, -0.2) is 4.79 Å². The predicted octanol–water partition coefficient (Wildman–Crippen LogP) is 1.12. The fourth-order valence-corrected chi connectivity index (χ4v) is 1.79. The molecule has 1 saturated heterocycles. The highest BCUT2D eigenvalue weighted by Crippen LogP contribution is 2.27. The van der Waals surface area contributed by atoms with Gasteiger partial charge in [0, 0.05) is 25.2 Å². The Morgan fingerprint density at radius 2 is 2.44 bits per heavy atom. The summed E-state index contributed by atoms with van der Waals surface area (Å²) in [7, 11) is 0. The molecule has 2 rings (SSSR count). The Labute approximate surface area is 102 Å². The standard InChI is InChI=1S/C10H11N3O5/c14-10(15)12-4-2-7(6-12)18-9-1-3-11-5-8(9)13(16)17/h1,3,5,7H,2,4,6H2,(H,14,15). The molecule has 0 bridgehead atoms. The topological polar surface area (TPSA) is 106 Å². The maximum absolute atomic E-state index is 10.7. The molecule has 0 aliphatic carbocycles. The van der Waals surface area contributed by atoms with Crippen molar-refractivity contribution in [2.45, 2.75) is 12.5 Å². The summed E-state index contributed by atoms with van der Waals surface area (Å²) in [5.41, 5.74) is -0.216. The van der Waals surface area contributed by atoms with Crippen molar-refractivity contribution in [3.8, 4) is 5.75 Å². The van der Waals surface area contributed by atoms with Crippen LogP contribution < -0.4 is 4.74 Å². The first-order valence-corrected chi connectivity index (χ1v) is 5.31. The fraction of sp³-hybridized carbons (Fsp3) is 0.400. The van der Waals surface area contributed by atoms with Crippen LogP contribution in [0.15, 0.2) is 18.5 Å². The lowest BCUT2D eigenvalue weighted by Gasteiger charge is -2.14. The van der Waals surface area contributed by atoms with Gasteiger partial charge in [-0.3, -0.25) is 15.1 Å². The predicted molar refractivity (Wildman–Crippen MR) is 59.5 cm³/mol. The third-order valence-corrected chi connectivity index (χ3v) is 2.67. The maximum Gasteiger partial charge on any atom is 0.407 e. The second kappa shape index (κ2) is 4.86. The van der Waals surface area contributed by atoms with E-state index in [1.165, 1.54) is 17.2 Å². The molecule has 1 atom stereocenters.